The summed E-state index contributed by atoms with van der Waals surface area (Å²) in [6.07, 6.45) is 7.89. The third kappa shape index (κ3) is 4.88. The van der Waals surface area contributed by atoms with Gasteiger partial charge in [0.15, 0.2) is 0 Å². The number of hydrogen-bond donors (Lipinski definition) is 2. The van der Waals surface area contributed by atoms with Gasteiger partial charge in [0.2, 0.25) is 11.9 Å². The zero-order valence-corrected chi connectivity index (χ0v) is 14.3. The van der Waals surface area contributed by atoms with Gasteiger partial charge < -0.3 is 15.5 Å². The van der Waals surface area contributed by atoms with Gasteiger partial charge in [0.05, 0.1) is 6.04 Å². The number of hydrogen-bond acceptors (Lipinski definition) is 6. The van der Waals surface area contributed by atoms with Crippen molar-refractivity contribution in [3.8, 4) is 0 Å². The number of carbonyl (C=O) groups is 1. The first-order valence-corrected chi connectivity index (χ1v) is 9.08. The Hall–Kier alpha value is -1.73. The van der Waals surface area contributed by atoms with Crippen LogP contribution in [0.2, 0.25) is 0 Å². The summed E-state index contributed by atoms with van der Waals surface area (Å²) in [6, 6.07) is 1.87. The van der Waals surface area contributed by atoms with Gasteiger partial charge in [-0.25, -0.2) is 9.97 Å². The minimum atomic E-state index is 0.0215. The molecule has 132 valence electrons. The van der Waals surface area contributed by atoms with Crippen LogP contribution in [0, 0.1) is 0 Å². The fraction of sp³-hybridized carbons (Fsp3) is 0.706. The molecule has 0 aliphatic carbocycles. The highest BCUT2D eigenvalue weighted by Crippen LogP contribution is 2.10. The summed E-state index contributed by atoms with van der Waals surface area (Å²) < 4.78 is 0. The molecule has 24 heavy (non-hydrogen) atoms. The molecule has 0 bridgehead atoms. The number of anilines is 1. The van der Waals surface area contributed by atoms with Gasteiger partial charge in [-0.15, -0.1) is 0 Å². The number of piperidine rings is 1. The average molecular weight is 332 g/mol. The third-order valence-electron chi connectivity index (χ3n) is 4.78. The van der Waals surface area contributed by atoms with Crippen LogP contribution in [-0.2, 0) is 4.79 Å². The van der Waals surface area contributed by atoms with E-state index in [1.165, 1.54) is 6.42 Å². The van der Waals surface area contributed by atoms with E-state index in [0.717, 1.165) is 71.0 Å². The average Bonchev–Trinajstić information content (AvgIpc) is 2.67. The third-order valence-corrected chi connectivity index (χ3v) is 4.78. The maximum absolute atomic E-state index is 12.0. The van der Waals surface area contributed by atoms with Crippen molar-refractivity contribution >= 4 is 11.9 Å². The zero-order chi connectivity index (χ0) is 16.6. The highest BCUT2D eigenvalue weighted by atomic mass is 16.2. The van der Waals surface area contributed by atoms with E-state index in [1.807, 2.05) is 6.07 Å². The van der Waals surface area contributed by atoms with Crippen LogP contribution in [0.4, 0.5) is 5.95 Å². The van der Waals surface area contributed by atoms with Crippen molar-refractivity contribution in [1.82, 2.24) is 25.5 Å². The molecule has 0 aromatic carbocycles. The van der Waals surface area contributed by atoms with Gasteiger partial charge >= 0.3 is 0 Å². The molecule has 2 N–H and O–H groups in total. The summed E-state index contributed by atoms with van der Waals surface area (Å²) in [5, 5.41) is 6.36. The Labute approximate surface area is 143 Å². The lowest BCUT2D eigenvalue weighted by Gasteiger charge is -2.34. The molecule has 1 atom stereocenters. The van der Waals surface area contributed by atoms with Crippen molar-refractivity contribution in [3.05, 3.63) is 18.5 Å². The predicted molar refractivity (Wildman–Crippen MR) is 94.0 cm³/mol. The lowest BCUT2D eigenvalue weighted by atomic mass is 10.0. The van der Waals surface area contributed by atoms with E-state index in [4.69, 9.17) is 0 Å². The number of amides is 1. The fourth-order valence-corrected chi connectivity index (χ4v) is 3.34. The molecule has 0 saturated carbocycles. The number of aromatic nitrogens is 2. The van der Waals surface area contributed by atoms with E-state index in [2.05, 4.69) is 30.4 Å². The van der Waals surface area contributed by atoms with Crippen molar-refractivity contribution in [2.45, 2.75) is 31.7 Å². The van der Waals surface area contributed by atoms with Crippen LogP contribution in [-0.4, -0.2) is 72.6 Å². The van der Waals surface area contributed by atoms with Crippen molar-refractivity contribution in [2.24, 2.45) is 0 Å². The van der Waals surface area contributed by atoms with Crippen LogP contribution in [0.1, 0.15) is 25.7 Å². The molecule has 1 unspecified atom stereocenters. The largest absolute Gasteiger partial charge is 0.355 e. The maximum atomic E-state index is 12.0. The highest BCUT2D eigenvalue weighted by molar-refractivity contribution is 5.81. The normalized spacial score (nSPS) is 22.3. The molecule has 7 nitrogen and oxygen atoms in total. The second-order valence-corrected chi connectivity index (χ2v) is 6.52. The summed E-state index contributed by atoms with van der Waals surface area (Å²) in [6.45, 7) is 6.73. The number of rotatable bonds is 6. The molecule has 7 heteroatoms. The summed E-state index contributed by atoms with van der Waals surface area (Å²) in [7, 11) is 0. The summed E-state index contributed by atoms with van der Waals surface area (Å²) in [4.78, 5) is 25.3. The lowest BCUT2D eigenvalue weighted by molar-refractivity contribution is -0.123. The van der Waals surface area contributed by atoms with Gasteiger partial charge in [-0.1, -0.05) is 6.42 Å². The number of nitrogens with zero attached hydrogens (tertiary/aromatic N) is 4. The van der Waals surface area contributed by atoms with Gasteiger partial charge in [-0.05, 0) is 38.4 Å². The number of carbonyl (C=O) groups excluding carboxylic acids is 1. The molecule has 2 aliphatic rings. The van der Waals surface area contributed by atoms with Gasteiger partial charge in [-0.3, -0.25) is 9.69 Å². The Bertz CT molecular complexity index is 497. The van der Waals surface area contributed by atoms with Crippen molar-refractivity contribution in [3.63, 3.8) is 0 Å². The van der Waals surface area contributed by atoms with Crippen molar-refractivity contribution in [1.29, 1.82) is 0 Å². The molecule has 0 radical (unpaired) electrons. The summed E-state index contributed by atoms with van der Waals surface area (Å²) in [5.41, 5.74) is 0. The summed E-state index contributed by atoms with van der Waals surface area (Å²) >= 11 is 0. The Morgan fingerprint density at radius 3 is 2.71 bits per heavy atom. The Morgan fingerprint density at radius 1 is 1.21 bits per heavy atom. The van der Waals surface area contributed by atoms with E-state index in [-0.39, 0.29) is 11.9 Å². The van der Waals surface area contributed by atoms with Gasteiger partial charge in [0, 0.05) is 45.1 Å². The Kier molecular flexibility index (Phi) is 6.37. The molecule has 0 spiro atoms. The topological polar surface area (TPSA) is 73.4 Å². The predicted octanol–water partition coefficient (Wildman–Crippen LogP) is 0.247. The number of piperazine rings is 1. The quantitative estimate of drug-likeness (QED) is 0.728. The van der Waals surface area contributed by atoms with E-state index in [9.17, 15) is 4.79 Å². The maximum Gasteiger partial charge on any atom is 0.237 e. The van der Waals surface area contributed by atoms with Crippen LogP contribution >= 0.6 is 0 Å². The van der Waals surface area contributed by atoms with Crippen LogP contribution in [0.15, 0.2) is 18.5 Å². The minimum absolute atomic E-state index is 0.0215. The molecule has 2 fully saturated rings. The molecule has 3 heterocycles. The first kappa shape index (κ1) is 17.1. The van der Waals surface area contributed by atoms with E-state index >= 15 is 0 Å². The van der Waals surface area contributed by atoms with Crippen molar-refractivity contribution in [2.75, 3.05) is 50.7 Å². The molecular formula is C17H28N6O. The fourth-order valence-electron chi connectivity index (χ4n) is 3.34. The molecule has 3 rings (SSSR count). The Balaban J connectivity index is 1.29. The standard InChI is InChI=1S/C17H28N6O/c24-16(15-5-1-2-6-18-15)19-9-4-10-22-11-13-23(14-12-22)17-20-7-3-8-21-17/h3,7-8,15,18H,1-2,4-6,9-14H2,(H,19,24). The molecule has 1 amide bonds. The first-order chi connectivity index (χ1) is 11.8. The number of nitrogens with one attached hydrogen (secondary N) is 2. The highest BCUT2D eigenvalue weighted by Gasteiger charge is 2.20. The monoisotopic (exact) mass is 332 g/mol. The van der Waals surface area contributed by atoms with Gasteiger partial charge in [0.25, 0.3) is 0 Å². The van der Waals surface area contributed by atoms with Crippen LogP contribution in [0.3, 0.4) is 0 Å². The van der Waals surface area contributed by atoms with E-state index in [0.29, 0.717) is 0 Å². The van der Waals surface area contributed by atoms with Gasteiger partial charge in [-0.2, -0.15) is 0 Å². The molecule has 1 aromatic heterocycles. The minimum Gasteiger partial charge on any atom is -0.355 e. The summed E-state index contributed by atoms with van der Waals surface area (Å²) in [5.74, 6) is 0.991. The lowest BCUT2D eigenvalue weighted by Crippen LogP contribution is -2.48. The molecule has 2 aliphatic heterocycles. The second-order valence-electron chi connectivity index (χ2n) is 6.52. The zero-order valence-electron chi connectivity index (χ0n) is 14.3. The molecular weight excluding hydrogens is 304 g/mol. The van der Waals surface area contributed by atoms with Crippen LogP contribution in [0.25, 0.3) is 0 Å². The van der Waals surface area contributed by atoms with Crippen LogP contribution < -0.4 is 15.5 Å². The Morgan fingerprint density at radius 2 is 2.00 bits per heavy atom. The van der Waals surface area contributed by atoms with Crippen molar-refractivity contribution < 1.29 is 4.79 Å². The van der Waals surface area contributed by atoms with E-state index < -0.39 is 0 Å². The molecule has 2 saturated heterocycles. The van der Waals surface area contributed by atoms with Crippen LogP contribution in [0.5, 0.6) is 0 Å². The van der Waals surface area contributed by atoms with E-state index in [1.54, 1.807) is 12.4 Å². The smallest absolute Gasteiger partial charge is 0.237 e. The first-order valence-electron chi connectivity index (χ1n) is 9.08. The SMILES string of the molecule is O=C(NCCCN1CCN(c2ncccn2)CC1)C1CCCCN1. The second kappa shape index (κ2) is 8.94. The molecule has 1 aromatic rings. The van der Waals surface area contributed by atoms with Gasteiger partial charge in [0.1, 0.15) is 0 Å².